The van der Waals surface area contributed by atoms with E-state index in [9.17, 15) is 14.3 Å². The maximum absolute atomic E-state index is 13.8. The average molecular weight is 347 g/mol. The van der Waals surface area contributed by atoms with Crippen molar-refractivity contribution in [3.8, 4) is 11.1 Å². The molecule has 0 aliphatic rings. The van der Waals surface area contributed by atoms with Gasteiger partial charge < -0.3 is 9.67 Å². The molecule has 6 heteroatoms. The number of hydrogen-bond donors (Lipinski definition) is 1. The van der Waals surface area contributed by atoms with Crippen LogP contribution in [0.5, 0.6) is 0 Å². The zero-order valence-corrected chi connectivity index (χ0v) is 14.0. The molecule has 3 rings (SSSR count). The Kier molecular flexibility index (Phi) is 4.28. The second kappa shape index (κ2) is 6.24. The van der Waals surface area contributed by atoms with Gasteiger partial charge in [-0.1, -0.05) is 24.6 Å². The number of benzene rings is 1. The summed E-state index contributed by atoms with van der Waals surface area (Å²) in [7, 11) is 0. The second-order valence-electron chi connectivity index (χ2n) is 5.71. The zero-order valence-electron chi connectivity index (χ0n) is 13.3. The third kappa shape index (κ3) is 2.76. The predicted molar refractivity (Wildman–Crippen MR) is 92.1 cm³/mol. The van der Waals surface area contributed by atoms with Gasteiger partial charge in [-0.3, -0.25) is 0 Å². The highest BCUT2D eigenvalue weighted by molar-refractivity contribution is 6.30. The SMILES string of the molecule is CC[C@@H](C)n1cc(-c2ccc(Cl)c(F)c2)c2ccc(C(=O)O)nc21. The zero-order chi connectivity index (χ0) is 17.4. The molecule has 24 heavy (non-hydrogen) atoms. The van der Waals surface area contributed by atoms with Gasteiger partial charge >= 0.3 is 5.97 Å². The van der Waals surface area contributed by atoms with Crippen molar-refractivity contribution in [3.05, 3.63) is 53.1 Å². The lowest BCUT2D eigenvalue weighted by atomic mass is 10.1. The monoisotopic (exact) mass is 346 g/mol. The van der Waals surface area contributed by atoms with Crippen LogP contribution in [0.4, 0.5) is 4.39 Å². The Labute approximate surface area is 143 Å². The first-order valence-corrected chi connectivity index (χ1v) is 8.00. The molecule has 0 fully saturated rings. The molecule has 1 N–H and O–H groups in total. The second-order valence-corrected chi connectivity index (χ2v) is 6.12. The van der Waals surface area contributed by atoms with Crippen LogP contribution in [0, 0.1) is 5.82 Å². The van der Waals surface area contributed by atoms with Gasteiger partial charge in [-0.25, -0.2) is 14.2 Å². The molecule has 0 aliphatic carbocycles. The molecule has 2 heterocycles. The number of aromatic nitrogens is 2. The van der Waals surface area contributed by atoms with Crippen molar-refractivity contribution in [1.82, 2.24) is 9.55 Å². The van der Waals surface area contributed by atoms with E-state index in [2.05, 4.69) is 4.98 Å². The highest BCUT2D eigenvalue weighted by Gasteiger charge is 2.17. The molecule has 0 bridgehead atoms. The molecule has 4 nitrogen and oxygen atoms in total. The molecule has 0 saturated carbocycles. The smallest absolute Gasteiger partial charge is 0.354 e. The van der Waals surface area contributed by atoms with Crippen LogP contribution >= 0.6 is 11.6 Å². The summed E-state index contributed by atoms with van der Waals surface area (Å²) in [6, 6.07) is 7.94. The van der Waals surface area contributed by atoms with E-state index in [0.29, 0.717) is 11.2 Å². The molecule has 0 aliphatic heterocycles. The van der Waals surface area contributed by atoms with Crippen molar-refractivity contribution in [2.75, 3.05) is 0 Å². The average Bonchev–Trinajstić information content (AvgIpc) is 2.95. The van der Waals surface area contributed by atoms with E-state index < -0.39 is 11.8 Å². The molecule has 0 amide bonds. The molecule has 124 valence electrons. The maximum Gasteiger partial charge on any atom is 0.354 e. The third-order valence-corrected chi connectivity index (χ3v) is 4.50. The Morgan fingerprint density at radius 3 is 2.75 bits per heavy atom. The van der Waals surface area contributed by atoms with Gasteiger partial charge in [-0.05, 0) is 43.2 Å². The first-order valence-electron chi connectivity index (χ1n) is 7.62. The van der Waals surface area contributed by atoms with Gasteiger partial charge in [0.1, 0.15) is 11.5 Å². The normalized spacial score (nSPS) is 12.5. The molecule has 0 unspecified atom stereocenters. The summed E-state index contributed by atoms with van der Waals surface area (Å²) in [5.74, 6) is -1.57. The largest absolute Gasteiger partial charge is 0.477 e. The van der Waals surface area contributed by atoms with Gasteiger partial charge in [0.05, 0.1) is 5.02 Å². The lowest BCUT2D eigenvalue weighted by molar-refractivity contribution is 0.0691. The number of aromatic carboxylic acids is 1. The molecular weight excluding hydrogens is 331 g/mol. The standard InChI is InChI=1S/C18H16ClFN2O2/c1-3-10(2)22-9-13(11-4-6-14(19)15(20)8-11)12-5-7-16(18(23)24)21-17(12)22/h4-10H,3H2,1-2H3,(H,23,24)/t10-/m1/s1. The van der Waals surface area contributed by atoms with Crippen molar-refractivity contribution < 1.29 is 14.3 Å². The number of nitrogens with zero attached hydrogens (tertiary/aromatic N) is 2. The lowest BCUT2D eigenvalue weighted by Crippen LogP contribution is -2.06. The number of halogens is 2. The van der Waals surface area contributed by atoms with E-state index in [1.165, 1.54) is 18.2 Å². The number of carboxylic acid groups (broad SMARTS) is 1. The number of rotatable bonds is 4. The van der Waals surface area contributed by atoms with Crippen LogP contribution in [-0.2, 0) is 0 Å². The summed E-state index contributed by atoms with van der Waals surface area (Å²) in [5, 5.41) is 10.0. The van der Waals surface area contributed by atoms with Gasteiger partial charge in [0.2, 0.25) is 0 Å². The van der Waals surface area contributed by atoms with Crippen molar-refractivity contribution in [2.24, 2.45) is 0 Å². The molecule has 1 atom stereocenters. The summed E-state index contributed by atoms with van der Waals surface area (Å²) in [6.45, 7) is 4.07. The van der Waals surface area contributed by atoms with Gasteiger partial charge in [-0.2, -0.15) is 0 Å². The van der Waals surface area contributed by atoms with Gasteiger partial charge in [-0.15, -0.1) is 0 Å². The van der Waals surface area contributed by atoms with Crippen LogP contribution in [0.2, 0.25) is 5.02 Å². The van der Waals surface area contributed by atoms with Gasteiger partial charge in [0.15, 0.2) is 5.69 Å². The van der Waals surface area contributed by atoms with Crippen LogP contribution in [0.3, 0.4) is 0 Å². The Hall–Kier alpha value is -2.40. The van der Waals surface area contributed by atoms with E-state index in [4.69, 9.17) is 11.6 Å². The number of hydrogen-bond acceptors (Lipinski definition) is 2. The van der Waals surface area contributed by atoms with Crippen LogP contribution < -0.4 is 0 Å². The molecule has 0 spiro atoms. The Balaban J connectivity index is 2.28. The van der Waals surface area contributed by atoms with E-state index in [1.807, 2.05) is 24.6 Å². The predicted octanol–water partition coefficient (Wildman–Crippen LogP) is 5.17. The molecule has 0 saturated heterocycles. The molecule has 3 aromatic rings. The molecule has 0 radical (unpaired) electrons. The molecule has 2 aromatic heterocycles. The molecular formula is C18H16ClFN2O2. The van der Waals surface area contributed by atoms with E-state index in [1.54, 1.807) is 12.1 Å². The lowest BCUT2D eigenvalue weighted by Gasteiger charge is -2.11. The summed E-state index contributed by atoms with van der Waals surface area (Å²) in [5.41, 5.74) is 2.03. The fraction of sp³-hybridized carbons (Fsp3) is 0.222. The number of carboxylic acids is 1. The fourth-order valence-corrected chi connectivity index (χ4v) is 2.79. The minimum Gasteiger partial charge on any atom is -0.477 e. The van der Waals surface area contributed by atoms with Gasteiger partial charge in [0.25, 0.3) is 0 Å². The topological polar surface area (TPSA) is 55.1 Å². The molecule has 1 aromatic carbocycles. The number of carbonyl (C=O) groups is 1. The Morgan fingerprint density at radius 1 is 1.38 bits per heavy atom. The first kappa shape index (κ1) is 16.5. The number of fused-ring (bicyclic) bond motifs is 1. The van der Waals surface area contributed by atoms with E-state index in [-0.39, 0.29) is 16.8 Å². The van der Waals surface area contributed by atoms with Crippen molar-refractivity contribution >= 4 is 28.6 Å². The minimum absolute atomic E-state index is 0.0148. The van der Waals surface area contributed by atoms with E-state index >= 15 is 0 Å². The van der Waals surface area contributed by atoms with E-state index in [0.717, 1.165) is 17.4 Å². The minimum atomic E-state index is -1.08. The highest BCUT2D eigenvalue weighted by Crippen LogP contribution is 2.34. The summed E-state index contributed by atoms with van der Waals surface area (Å²) >= 11 is 5.76. The Bertz CT molecular complexity index is 936. The highest BCUT2D eigenvalue weighted by atomic mass is 35.5. The maximum atomic E-state index is 13.8. The third-order valence-electron chi connectivity index (χ3n) is 4.19. The number of pyridine rings is 1. The Morgan fingerprint density at radius 2 is 2.12 bits per heavy atom. The van der Waals surface area contributed by atoms with Crippen LogP contribution in [0.15, 0.2) is 36.5 Å². The summed E-state index contributed by atoms with van der Waals surface area (Å²) in [4.78, 5) is 15.5. The van der Waals surface area contributed by atoms with Crippen molar-refractivity contribution in [1.29, 1.82) is 0 Å². The van der Waals surface area contributed by atoms with Crippen LogP contribution in [-0.4, -0.2) is 20.6 Å². The van der Waals surface area contributed by atoms with Crippen LogP contribution in [0.1, 0.15) is 36.8 Å². The quantitative estimate of drug-likeness (QED) is 0.709. The van der Waals surface area contributed by atoms with Gasteiger partial charge in [0, 0.05) is 23.2 Å². The van der Waals surface area contributed by atoms with Crippen molar-refractivity contribution in [3.63, 3.8) is 0 Å². The summed E-state index contributed by atoms with van der Waals surface area (Å²) in [6.07, 6.45) is 2.75. The fourth-order valence-electron chi connectivity index (χ4n) is 2.67. The van der Waals surface area contributed by atoms with Crippen molar-refractivity contribution in [2.45, 2.75) is 26.3 Å². The summed E-state index contributed by atoms with van der Waals surface area (Å²) < 4.78 is 15.8. The first-order chi connectivity index (χ1) is 11.4. The van der Waals surface area contributed by atoms with Crippen LogP contribution in [0.25, 0.3) is 22.2 Å².